The number of aryl methyl sites for hydroxylation is 1. The predicted molar refractivity (Wildman–Crippen MR) is 116 cm³/mol. The fourth-order valence-electron chi connectivity index (χ4n) is 3.94. The Hall–Kier alpha value is -3.24. The molecule has 0 spiro atoms. The summed E-state index contributed by atoms with van der Waals surface area (Å²) in [5.74, 6) is -0.418. The molecule has 160 valence electrons. The number of hydrogen-bond acceptors (Lipinski definition) is 7. The van der Waals surface area contributed by atoms with Crippen LogP contribution in [0, 0.1) is 0 Å². The molecule has 5 rings (SSSR count). The SMILES string of the molecule is O=C(CCn1c(=O)oc2ccccc21)N1CCN(Cc2cc(=O)n3ccsc3n2)CC1. The second kappa shape index (κ2) is 8.12. The highest BCUT2D eigenvalue weighted by Gasteiger charge is 2.22. The van der Waals surface area contributed by atoms with Crippen molar-refractivity contribution in [1.29, 1.82) is 0 Å². The molecule has 0 atom stereocenters. The Bertz CT molecular complexity index is 1360. The molecule has 1 amide bonds. The van der Waals surface area contributed by atoms with Gasteiger partial charge in [-0.15, -0.1) is 11.3 Å². The highest BCUT2D eigenvalue weighted by molar-refractivity contribution is 7.15. The molecule has 0 bridgehead atoms. The summed E-state index contributed by atoms with van der Waals surface area (Å²) in [6.45, 7) is 3.53. The van der Waals surface area contributed by atoms with Gasteiger partial charge in [0, 0.05) is 63.3 Å². The molecule has 10 heteroatoms. The summed E-state index contributed by atoms with van der Waals surface area (Å²) in [5.41, 5.74) is 1.91. The van der Waals surface area contributed by atoms with Crippen LogP contribution in [0.5, 0.6) is 0 Å². The van der Waals surface area contributed by atoms with Crippen LogP contribution in [0.3, 0.4) is 0 Å². The second-order valence-corrected chi connectivity index (χ2v) is 8.41. The van der Waals surface area contributed by atoms with E-state index in [1.807, 2.05) is 28.5 Å². The molecule has 0 radical (unpaired) electrons. The predicted octanol–water partition coefficient (Wildman–Crippen LogP) is 1.40. The van der Waals surface area contributed by atoms with E-state index in [2.05, 4.69) is 9.88 Å². The lowest BCUT2D eigenvalue weighted by molar-refractivity contribution is -0.133. The Kier molecular flexibility index (Phi) is 5.16. The van der Waals surface area contributed by atoms with Crippen molar-refractivity contribution in [2.45, 2.75) is 19.5 Å². The van der Waals surface area contributed by atoms with Gasteiger partial charge in [-0.25, -0.2) is 9.78 Å². The molecular weight excluding hydrogens is 418 g/mol. The first-order valence-electron chi connectivity index (χ1n) is 10.1. The molecule has 0 aliphatic carbocycles. The number of oxazole rings is 1. The van der Waals surface area contributed by atoms with Crippen LogP contribution in [0.15, 0.2) is 55.9 Å². The standard InChI is InChI=1S/C21H21N5O4S/c27-18(5-6-25-16-3-1-2-4-17(16)30-21(25)29)24-9-7-23(8-10-24)14-15-13-19(28)26-11-12-31-20(26)22-15/h1-4,11-13H,5-10,14H2. The molecule has 4 heterocycles. The number of benzene rings is 1. The summed E-state index contributed by atoms with van der Waals surface area (Å²) >= 11 is 1.44. The van der Waals surface area contributed by atoms with E-state index in [-0.39, 0.29) is 17.9 Å². The Morgan fingerprint density at radius 3 is 2.77 bits per heavy atom. The molecule has 3 aromatic heterocycles. The largest absolute Gasteiger partial charge is 0.419 e. The molecule has 9 nitrogen and oxygen atoms in total. The fraction of sp³-hybridized carbons (Fsp3) is 0.333. The maximum absolute atomic E-state index is 12.7. The molecule has 1 saturated heterocycles. The zero-order valence-electron chi connectivity index (χ0n) is 16.8. The van der Waals surface area contributed by atoms with Gasteiger partial charge < -0.3 is 9.32 Å². The van der Waals surface area contributed by atoms with Gasteiger partial charge in [-0.3, -0.25) is 23.5 Å². The van der Waals surface area contributed by atoms with Crippen LogP contribution in [-0.2, 0) is 17.9 Å². The van der Waals surface area contributed by atoms with Crippen molar-refractivity contribution in [2.24, 2.45) is 0 Å². The first kappa shape index (κ1) is 19.7. The van der Waals surface area contributed by atoms with Crippen molar-refractivity contribution in [3.05, 3.63) is 68.5 Å². The van der Waals surface area contributed by atoms with Crippen LogP contribution < -0.4 is 11.3 Å². The summed E-state index contributed by atoms with van der Waals surface area (Å²) in [4.78, 5) is 46.2. The molecule has 0 saturated carbocycles. The van der Waals surface area contributed by atoms with E-state index >= 15 is 0 Å². The first-order chi connectivity index (χ1) is 15.1. The third-order valence-electron chi connectivity index (χ3n) is 5.59. The van der Waals surface area contributed by atoms with Crippen molar-refractivity contribution in [1.82, 2.24) is 23.8 Å². The van der Waals surface area contributed by atoms with Crippen molar-refractivity contribution in [3.8, 4) is 0 Å². The lowest BCUT2D eigenvalue weighted by Crippen LogP contribution is -2.48. The van der Waals surface area contributed by atoms with Crippen molar-refractivity contribution in [2.75, 3.05) is 26.2 Å². The van der Waals surface area contributed by atoms with Crippen LogP contribution in [-0.4, -0.2) is 55.8 Å². The Morgan fingerprint density at radius 1 is 1.13 bits per heavy atom. The minimum absolute atomic E-state index is 0.0215. The van der Waals surface area contributed by atoms with Crippen LogP contribution in [0.25, 0.3) is 16.1 Å². The number of fused-ring (bicyclic) bond motifs is 2. The monoisotopic (exact) mass is 439 g/mol. The number of piperazine rings is 1. The second-order valence-electron chi connectivity index (χ2n) is 7.54. The number of para-hydroxylation sites is 2. The number of aromatic nitrogens is 3. The summed E-state index contributed by atoms with van der Waals surface area (Å²) < 4.78 is 8.27. The number of nitrogens with zero attached hydrogens (tertiary/aromatic N) is 5. The quantitative estimate of drug-likeness (QED) is 0.467. The maximum Gasteiger partial charge on any atom is 0.419 e. The summed E-state index contributed by atoms with van der Waals surface area (Å²) in [6, 6.07) is 8.79. The molecule has 0 N–H and O–H groups in total. The maximum atomic E-state index is 12.7. The van der Waals surface area contributed by atoms with Crippen LogP contribution in [0.4, 0.5) is 0 Å². The van der Waals surface area contributed by atoms with Crippen molar-refractivity contribution >= 4 is 33.3 Å². The van der Waals surface area contributed by atoms with Crippen LogP contribution in [0.1, 0.15) is 12.1 Å². The normalized spacial score (nSPS) is 15.2. The number of hydrogen-bond donors (Lipinski definition) is 0. The lowest BCUT2D eigenvalue weighted by atomic mass is 10.2. The highest BCUT2D eigenvalue weighted by atomic mass is 32.1. The van der Waals surface area contributed by atoms with E-state index in [4.69, 9.17) is 4.42 Å². The highest BCUT2D eigenvalue weighted by Crippen LogP contribution is 2.14. The Balaban J connectivity index is 1.17. The summed E-state index contributed by atoms with van der Waals surface area (Å²) in [5, 5.41) is 1.85. The molecule has 4 aromatic rings. The average Bonchev–Trinajstić information content (AvgIpc) is 3.36. The van der Waals surface area contributed by atoms with E-state index < -0.39 is 5.76 Å². The number of carbonyl (C=O) groups is 1. The van der Waals surface area contributed by atoms with Gasteiger partial charge in [0.1, 0.15) is 0 Å². The van der Waals surface area contributed by atoms with Gasteiger partial charge in [0.05, 0.1) is 11.2 Å². The minimum Gasteiger partial charge on any atom is -0.408 e. The fourth-order valence-corrected chi connectivity index (χ4v) is 4.68. The summed E-state index contributed by atoms with van der Waals surface area (Å²) in [7, 11) is 0. The van der Waals surface area contributed by atoms with Gasteiger partial charge in [-0.05, 0) is 12.1 Å². The van der Waals surface area contributed by atoms with Gasteiger partial charge in [0.25, 0.3) is 5.56 Å². The molecule has 1 fully saturated rings. The Morgan fingerprint density at radius 2 is 1.94 bits per heavy atom. The molecule has 0 unspecified atom stereocenters. The van der Waals surface area contributed by atoms with E-state index in [0.717, 1.165) is 5.69 Å². The number of thiazole rings is 1. The summed E-state index contributed by atoms with van der Waals surface area (Å²) in [6.07, 6.45) is 1.97. The molecule has 1 aliphatic heterocycles. The topological polar surface area (TPSA) is 93.1 Å². The van der Waals surface area contributed by atoms with E-state index in [9.17, 15) is 14.4 Å². The molecule has 31 heavy (non-hydrogen) atoms. The zero-order chi connectivity index (χ0) is 21.4. The van der Waals surface area contributed by atoms with E-state index in [1.54, 1.807) is 22.7 Å². The van der Waals surface area contributed by atoms with Crippen LogP contribution >= 0.6 is 11.3 Å². The molecular formula is C21H21N5O4S. The Labute approximate surface area is 180 Å². The lowest BCUT2D eigenvalue weighted by Gasteiger charge is -2.34. The van der Waals surface area contributed by atoms with Gasteiger partial charge in [0.15, 0.2) is 10.5 Å². The van der Waals surface area contributed by atoms with Crippen LogP contribution in [0.2, 0.25) is 0 Å². The molecule has 1 aromatic carbocycles. The smallest absolute Gasteiger partial charge is 0.408 e. The van der Waals surface area contributed by atoms with E-state index in [1.165, 1.54) is 15.9 Å². The zero-order valence-corrected chi connectivity index (χ0v) is 17.6. The average molecular weight is 439 g/mol. The van der Waals surface area contributed by atoms with Gasteiger partial charge in [-0.1, -0.05) is 12.1 Å². The first-order valence-corrected chi connectivity index (χ1v) is 11.0. The number of amides is 1. The van der Waals surface area contributed by atoms with Crippen molar-refractivity contribution < 1.29 is 9.21 Å². The third-order valence-corrected chi connectivity index (χ3v) is 6.35. The van der Waals surface area contributed by atoms with Gasteiger partial charge in [-0.2, -0.15) is 0 Å². The van der Waals surface area contributed by atoms with Gasteiger partial charge >= 0.3 is 5.76 Å². The van der Waals surface area contributed by atoms with E-state index in [0.29, 0.717) is 55.3 Å². The minimum atomic E-state index is -0.440. The van der Waals surface area contributed by atoms with Crippen molar-refractivity contribution in [3.63, 3.8) is 0 Å². The number of carbonyl (C=O) groups excluding carboxylic acids is 1. The number of rotatable bonds is 5. The molecule has 1 aliphatic rings. The van der Waals surface area contributed by atoms with Gasteiger partial charge in [0.2, 0.25) is 5.91 Å². The third kappa shape index (κ3) is 3.91.